The van der Waals surface area contributed by atoms with Gasteiger partial charge in [-0.15, -0.1) is 0 Å². The Morgan fingerprint density at radius 3 is 2.75 bits per heavy atom. The summed E-state index contributed by atoms with van der Waals surface area (Å²) in [7, 11) is 1.68. The minimum atomic E-state index is -0.481. The summed E-state index contributed by atoms with van der Waals surface area (Å²) >= 11 is 0. The van der Waals surface area contributed by atoms with E-state index in [-0.39, 0.29) is 11.8 Å². The first kappa shape index (κ1) is 13.1. The van der Waals surface area contributed by atoms with Gasteiger partial charge >= 0.3 is 6.03 Å². The Kier molecular flexibility index (Phi) is 3.17. The largest absolute Gasteiger partial charge is 0.328 e. The molecule has 1 aromatic rings. The van der Waals surface area contributed by atoms with Crippen molar-refractivity contribution in [3.63, 3.8) is 0 Å². The molecule has 2 saturated heterocycles. The average molecular weight is 276 g/mol. The lowest BCUT2D eigenvalue weighted by Gasteiger charge is -2.40. The second-order valence-electron chi connectivity index (χ2n) is 5.10. The summed E-state index contributed by atoms with van der Waals surface area (Å²) in [5.74, 6) is 0.328. The Bertz CT molecular complexity index is 566. The van der Waals surface area contributed by atoms with E-state index in [1.807, 2.05) is 0 Å². The van der Waals surface area contributed by atoms with Crippen LogP contribution in [0.2, 0.25) is 0 Å². The molecule has 6 heteroatoms. The molecule has 1 spiro atoms. The van der Waals surface area contributed by atoms with Gasteiger partial charge in [0.2, 0.25) is 0 Å². The number of nitrogens with one attached hydrogen (secondary N) is 2. The molecule has 2 N–H and O–H groups in total. The summed E-state index contributed by atoms with van der Waals surface area (Å²) in [6, 6.07) is 5.90. The van der Waals surface area contributed by atoms with Gasteiger partial charge in [-0.1, -0.05) is 6.07 Å². The van der Waals surface area contributed by atoms with Crippen LogP contribution >= 0.6 is 0 Å². The maximum absolute atomic E-state index is 13.5. The predicted octanol–water partition coefficient (Wildman–Crippen LogP) is 1.51. The van der Waals surface area contributed by atoms with Crippen LogP contribution in [0.15, 0.2) is 29.3 Å². The number of piperidine rings is 1. The molecule has 0 radical (unpaired) electrons. The SMILES string of the molecule is CN=C1NC(=O)N(c2cccc(F)c2)C12CCNCC2. The van der Waals surface area contributed by atoms with Crippen LogP contribution in [0.3, 0.4) is 0 Å². The Morgan fingerprint density at radius 1 is 1.35 bits per heavy atom. The van der Waals surface area contributed by atoms with E-state index in [1.165, 1.54) is 12.1 Å². The van der Waals surface area contributed by atoms with Gasteiger partial charge in [0.1, 0.15) is 17.2 Å². The number of amidine groups is 1. The molecule has 2 fully saturated rings. The van der Waals surface area contributed by atoms with Crippen LogP contribution in [0.5, 0.6) is 0 Å². The molecule has 0 atom stereocenters. The number of hydrogen-bond donors (Lipinski definition) is 2. The van der Waals surface area contributed by atoms with E-state index >= 15 is 0 Å². The van der Waals surface area contributed by atoms with E-state index in [0.717, 1.165) is 25.9 Å². The highest BCUT2D eigenvalue weighted by Crippen LogP contribution is 2.36. The van der Waals surface area contributed by atoms with Gasteiger partial charge in [-0.2, -0.15) is 0 Å². The van der Waals surface area contributed by atoms with Crippen molar-refractivity contribution in [3.8, 4) is 0 Å². The standard InChI is InChI=1S/C14H17FN4O/c1-16-12-14(5-7-17-8-6-14)19(13(20)18-12)11-4-2-3-10(15)9-11/h2-4,9,17H,5-8H2,1H3,(H,16,18,20). The van der Waals surface area contributed by atoms with Crippen molar-refractivity contribution in [1.82, 2.24) is 10.6 Å². The first-order valence-electron chi connectivity index (χ1n) is 6.72. The summed E-state index contributed by atoms with van der Waals surface area (Å²) in [5, 5.41) is 6.10. The van der Waals surface area contributed by atoms with Crippen LogP contribution in [0, 0.1) is 5.82 Å². The molecule has 2 aliphatic heterocycles. The van der Waals surface area contributed by atoms with Crippen LogP contribution in [0.1, 0.15) is 12.8 Å². The molecule has 0 saturated carbocycles. The minimum absolute atomic E-state index is 0.238. The number of aliphatic imine (C=N–C) groups is 1. The molecule has 2 aliphatic rings. The maximum Gasteiger partial charge on any atom is 0.328 e. The van der Waals surface area contributed by atoms with E-state index in [0.29, 0.717) is 11.5 Å². The van der Waals surface area contributed by atoms with Gasteiger partial charge < -0.3 is 5.32 Å². The first-order chi connectivity index (χ1) is 9.67. The zero-order valence-electron chi connectivity index (χ0n) is 11.3. The van der Waals surface area contributed by atoms with Crippen molar-refractivity contribution in [1.29, 1.82) is 0 Å². The quantitative estimate of drug-likeness (QED) is 0.817. The number of amides is 2. The summed E-state index contributed by atoms with van der Waals surface area (Å²) < 4.78 is 13.5. The molecular formula is C14H17FN4O. The van der Waals surface area contributed by atoms with Crippen molar-refractivity contribution in [2.75, 3.05) is 25.0 Å². The van der Waals surface area contributed by atoms with Gasteiger partial charge in [0.25, 0.3) is 0 Å². The molecule has 106 valence electrons. The second kappa shape index (κ2) is 4.86. The average Bonchev–Trinajstić information content (AvgIpc) is 2.71. The minimum Gasteiger partial charge on any atom is -0.317 e. The summed E-state index contributed by atoms with van der Waals surface area (Å²) in [4.78, 5) is 18.2. The Balaban J connectivity index is 2.09. The van der Waals surface area contributed by atoms with Crippen LogP contribution in [0.25, 0.3) is 0 Å². The predicted molar refractivity (Wildman–Crippen MR) is 75.6 cm³/mol. The number of rotatable bonds is 1. The molecule has 3 rings (SSSR count). The highest BCUT2D eigenvalue weighted by Gasteiger charge is 2.51. The van der Waals surface area contributed by atoms with Crippen LogP contribution < -0.4 is 15.5 Å². The molecule has 1 aromatic carbocycles. The lowest BCUT2D eigenvalue weighted by molar-refractivity contribution is 0.248. The summed E-state index contributed by atoms with van der Waals surface area (Å²) in [6.07, 6.45) is 1.52. The van der Waals surface area contributed by atoms with Gasteiger partial charge in [0, 0.05) is 12.7 Å². The Hall–Kier alpha value is -1.95. The van der Waals surface area contributed by atoms with Crippen LogP contribution in [-0.2, 0) is 0 Å². The number of carbonyl (C=O) groups excluding carboxylic acids is 1. The van der Waals surface area contributed by atoms with Crippen molar-refractivity contribution >= 4 is 17.6 Å². The lowest BCUT2D eigenvalue weighted by atomic mass is 9.86. The van der Waals surface area contributed by atoms with Crippen molar-refractivity contribution in [2.45, 2.75) is 18.4 Å². The first-order valence-corrected chi connectivity index (χ1v) is 6.72. The van der Waals surface area contributed by atoms with Crippen LogP contribution in [-0.4, -0.2) is 37.5 Å². The number of carbonyl (C=O) groups is 1. The van der Waals surface area contributed by atoms with E-state index in [4.69, 9.17) is 0 Å². The zero-order chi connectivity index (χ0) is 14.2. The lowest BCUT2D eigenvalue weighted by Crippen LogP contribution is -2.56. The number of benzene rings is 1. The number of nitrogens with zero attached hydrogens (tertiary/aromatic N) is 2. The number of halogens is 1. The van der Waals surface area contributed by atoms with Crippen LogP contribution in [0.4, 0.5) is 14.9 Å². The van der Waals surface area contributed by atoms with E-state index in [9.17, 15) is 9.18 Å². The van der Waals surface area contributed by atoms with Gasteiger partial charge in [-0.25, -0.2) is 9.18 Å². The maximum atomic E-state index is 13.5. The fourth-order valence-electron chi connectivity index (χ4n) is 3.12. The Morgan fingerprint density at radius 2 is 2.10 bits per heavy atom. The smallest absolute Gasteiger partial charge is 0.317 e. The molecule has 0 aliphatic carbocycles. The monoisotopic (exact) mass is 276 g/mol. The summed E-state index contributed by atoms with van der Waals surface area (Å²) in [5.41, 5.74) is 0.0910. The van der Waals surface area contributed by atoms with Gasteiger partial charge in [0.15, 0.2) is 0 Å². The number of urea groups is 1. The second-order valence-corrected chi connectivity index (χ2v) is 5.10. The highest BCUT2D eigenvalue weighted by molar-refractivity contribution is 6.19. The molecular weight excluding hydrogens is 259 g/mol. The van der Waals surface area contributed by atoms with Gasteiger partial charge in [-0.3, -0.25) is 15.2 Å². The summed E-state index contributed by atoms with van der Waals surface area (Å²) in [6.45, 7) is 1.61. The van der Waals surface area contributed by atoms with Crippen molar-refractivity contribution < 1.29 is 9.18 Å². The molecule has 0 bridgehead atoms. The molecule has 2 amide bonds. The molecule has 0 aromatic heterocycles. The van der Waals surface area contributed by atoms with Gasteiger partial charge in [0.05, 0.1) is 0 Å². The topological polar surface area (TPSA) is 56.7 Å². The molecule has 0 unspecified atom stereocenters. The van der Waals surface area contributed by atoms with Crippen molar-refractivity contribution in [3.05, 3.63) is 30.1 Å². The third kappa shape index (κ3) is 1.87. The molecule has 2 heterocycles. The molecule has 5 nitrogen and oxygen atoms in total. The van der Waals surface area contributed by atoms with Gasteiger partial charge in [-0.05, 0) is 44.1 Å². The third-order valence-corrected chi connectivity index (χ3v) is 4.02. The fraction of sp³-hybridized carbons (Fsp3) is 0.429. The fourth-order valence-corrected chi connectivity index (χ4v) is 3.12. The van der Waals surface area contributed by atoms with E-state index in [2.05, 4.69) is 15.6 Å². The molecule has 20 heavy (non-hydrogen) atoms. The highest BCUT2D eigenvalue weighted by atomic mass is 19.1. The third-order valence-electron chi connectivity index (χ3n) is 4.02. The van der Waals surface area contributed by atoms with E-state index in [1.54, 1.807) is 24.1 Å². The Labute approximate surface area is 116 Å². The normalized spacial score (nSPS) is 23.4. The van der Waals surface area contributed by atoms with Crippen molar-refractivity contribution in [2.24, 2.45) is 4.99 Å². The van der Waals surface area contributed by atoms with E-state index < -0.39 is 5.54 Å². The number of anilines is 1. The number of hydrogen-bond acceptors (Lipinski definition) is 3. The zero-order valence-corrected chi connectivity index (χ0v) is 11.3.